The number of piperidine rings is 1. The summed E-state index contributed by atoms with van der Waals surface area (Å²) in [6.45, 7) is 1.87. The van der Waals surface area contributed by atoms with Crippen molar-refractivity contribution in [3.8, 4) is 17.1 Å². The fraction of sp³-hybridized carbons (Fsp3) is 0.318. The molecule has 0 unspecified atom stereocenters. The van der Waals surface area contributed by atoms with Gasteiger partial charge in [0.2, 0.25) is 11.7 Å². The third-order valence-corrected chi connectivity index (χ3v) is 5.16. The lowest BCUT2D eigenvalue weighted by Gasteiger charge is -2.31. The molecule has 1 saturated heterocycles. The Morgan fingerprint density at radius 3 is 2.90 bits per heavy atom. The number of Topliss-reactive ketones (excluding diaryl/α,β-unsaturated/α-hetero) is 1. The number of hydrogen-bond donors (Lipinski definition) is 0. The molecule has 1 aliphatic rings. The summed E-state index contributed by atoms with van der Waals surface area (Å²) in [5.74, 6) is 0.701. The lowest BCUT2D eigenvalue weighted by atomic mass is 9.89. The van der Waals surface area contributed by atoms with E-state index in [-0.39, 0.29) is 11.7 Å². The van der Waals surface area contributed by atoms with E-state index in [1.807, 2.05) is 30.3 Å². The van der Waals surface area contributed by atoms with Crippen molar-refractivity contribution < 1.29 is 18.4 Å². The number of carbonyl (C=O) groups excluding carboxylic acids is 1. The van der Waals surface area contributed by atoms with Crippen molar-refractivity contribution in [3.63, 3.8) is 0 Å². The number of hydrogen-bond acceptors (Lipinski definition) is 6. The summed E-state index contributed by atoms with van der Waals surface area (Å²) in [5, 5.41) is 4.05. The Kier molecular flexibility index (Phi) is 5.67. The van der Waals surface area contributed by atoms with Crippen LogP contribution in [0.5, 0.6) is 5.75 Å². The predicted molar refractivity (Wildman–Crippen MR) is 105 cm³/mol. The third-order valence-electron chi connectivity index (χ3n) is 5.16. The summed E-state index contributed by atoms with van der Waals surface area (Å²) in [6, 6.07) is 13.7. The average molecular weight is 395 g/mol. The first-order valence-corrected chi connectivity index (χ1v) is 9.62. The van der Waals surface area contributed by atoms with E-state index in [2.05, 4.69) is 15.0 Å². The van der Waals surface area contributed by atoms with Crippen LogP contribution in [0.2, 0.25) is 0 Å². The minimum Gasteiger partial charge on any atom is -0.496 e. The van der Waals surface area contributed by atoms with E-state index in [4.69, 9.17) is 9.26 Å². The maximum absolute atomic E-state index is 13.7. The van der Waals surface area contributed by atoms with Crippen molar-refractivity contribution in [2.24, 2.45) is 5.92 Å². The number of halogens is 1. The Morgan fingerprint density at radius 1 is 1.28 bits per heavy atom. The molecule has 29 heavy (non-hydrogen) atoms. The van der Waals surface area contributed by atoms with Gasteiger partial charge in [-0.25, -0.2) is 4.39 Å². The summed E-state index contributed by atoms with van der Waals surface area (Å²) in [4.78, 5) is 19.6. The first kappa shape index (κ1) is 19.3. The normalized spacial score (nSPS) is 17.2. The number of aromatic nitrogens is 2. The fourth-order valence-electron chi connectivity index (χ4n) is 3.72. The molecule has 150 valence electrons. The molecule has 0 N–H and O–H groups in total. The standard InChI is InChI=1S/C22H22FN3O3/c1-28-19-10-9-17(23)12-18(19)21(27)16-8-5-11-26(13-16)14-20-24-22(25-29-20)15-6-3-2-4-7-15/h2-4,6-7,9-10,12,16H,5,8,11,13-14H2,1H3/t16-/m0/s1. The molecule has 1 aliphatic heterocycles. The molecule has 0 amide bonds. The fourth-order valence-corrected chi connectivity index (χ4v) is 3.72. The molecular weight excluding hydrogens is 373 g/mol. The Balaban J connectivity index is 1.45. The quantitative estimate of drug-likeness (QED) is 0.588. The Hall–Kier alpha value is -3.06. The predicted octanol–water partition coefficient (Wildman–Crippen LogP) is 3.98. The minimum atomic E-state index is -0.443. The molecule has 4 rings (SSSR count). The Bertz CT molecular complexity index is 990. The Morgan fingerprint density at radius 2 is 2.10 bits per heavy atom. The smallest absolute Gasteiger partial charge is 0.241 e. The van der Waals surface area contributed by atoms with Gasteiger partial charge in [-0.1, -0.05) is 35.5 Å². The Labute approximate surface area is 168 Å². The molecule has 6 nitrogen and oxygen atoms in total. The molecular formula is C22H22FN3O3. The maximum Gasteiger partial charge on any atom is 0.241 e. The van der Waals surface area contributed by atoms with Gasteiger partial charge in [0.1, 0.15) is 11.6 Å². The summed E-state index contributed by atoms with van der Waals surface area (Å²) < 4.78 is 24.3. The zero-order valence-corrected chi connectivity index (χ0v) is 16.2. The molecule has 3 aromatic rings. The van der Waals surface area contributed by atoms with Gasteiger partial charge < -0.3 is 9.26 Å². The van der Waals surface area contributed by atoms with Crippen LogP contribution >= 0.6 is 0 Å². The summed E-state index contributed by atoms with van der Waals surface area (Å²) in [5.41, 5.74) is 1.19. The second-order valence-corrected chi connectivity index (χ2v) is 7.16. The van der Waals surface area contributed by atoms with Crippen molar-refractivity contribution in [1.29, 1.82) is 0 Å². The van der Waals surface area contributed by atoms with Crippen molar-refractivity contribution in [1.82, 2.24) is 15.0 Å². The van der Waals surface area contributed by atoms with E-state index in [1.54, 1.807) is 0 Å². The molecule has 2 heterocycles. The highest BCUT2D eigenvalue weighted by Gasteiger charge is 2.29. The van der Waals surface area contributed by atoms with Gasteiger partial charge >= 0.3 is 0 Å². The van der Waals surface area contributed by atoms with Crippen LogP contribution in [0.4, 0.5) is 4.39 Å². The highest BCUT2D eigenvalue weighted by molar-refractivity contribution is 6.00. The molecule has 1 aromatic heterocycles. The molecule has 1 fully saturated rings. The third kappa shape index (κ3) is 4.35. The molecule has 0 aliphatic carbocycles. The van der Waals surface area contributed by atoms with Gasteiger partial charge in [0.15, 0.2) is 5.78 Å². The molecule has 0 radical (unpaired) electrons. The molecule has 1 atom stereocenters. The van der Waals surface area contributed by atoms with Crippen LogP contribution in [0.15, 0.2) is 53.1 Å². The maximum atomic E-state index is 13.7. The molecule has 0 bridgehead atoms. The van der Waals surface area contributed by atoms with E-state index >= 15 is 0 Å². The van der Waals surface area contributed by atoms with Gasteiger partial charge in [0.05, 0.1) is 19.2 Å². The van der Waals surface area contributed by atoms with Crippen molar-refractivity contribution in [2.45, 2.75) is 19.4 Å². The van der Waals surface area contributed by atoms with Crippen LogP contribution < -0.4 is 4.74 Å². The second-order valence-electron chi connectivity index (χ2n) is 7.16. The lowest BCUT2D eigenvalue weighted by molar-refractivity contribution is 0.0793. The number of benzene rings is 2. The number of carbonyl (C=O) groups is 1. The number of rotatable bonds is 6. The number of methoxy groups -OCH3 is 1. The van der Waals surface area contributed by atoms with Gasteiger partial charge in [0.25, 0.3) is 0 Å². The average Bonchev–Trinajstić information content (AvgIpc) is 3.22. The first-order chi connectivity index (χ1) is 14.1. The first-order valence-electron chi connectivity index (χ1n) is 9.62. The van der Waals surface area contributed by atoms with Crippen LogP contribution in [-0.4, -0.2) is 41.0 Å². The molecule has 2 aromatic carbocycles. The van der Waals surface area contributed by atoms with E-state index in [1.165, 1.54) is 25.3 Å². The number of ether oxygens (including phenoxy) is 1. The van der Waals surface area contributed by atoms with E-state index in [9.17, 15) is 9.18 Å². The number of ketones is 1. The SMILES string of the molecule is COc1ccc(F)cc1C(=O)[C@H]1CCCN(Cc2nc(-c3ccccc3)no2)C1. The van der Waals surface area contributed by atoms with E-state index < -0.39 is 5.82 Å². The van der Waals surface area contributed by atoms with E-state index in [0.29, 0.717) is 36.1 Å². The van der Waals surface area contributed by atoms with Gasteiger partial charge in [-0.2, -0.15) is 4.98 Å². The van der Waals surface area contributed by atoms with Gasteiger partial charge in [-0.05, 0) is 37.6 Å². The van der Waals surface area contributed by atoms with Crippen LogP contribution in [0.25, 0.3) is 11.4 Å². The van der Waals surface area contributed by atoms with Crippen molar-refractivity contribution in [2.75, 3.05) is 20.2 Å². The number of nitrogens with zero attached hydrogens (tertiary/aromatic N) is 3. The highest BCUT2D eigenvalue weighted by Crippen LogP contribution is 2.27. The lowest BCUT2D eigenvalue weighted by Crippen LogP contribution is -2.38. The number of likely N-dealkylation sites (tertiary alicyclic amines) is 1. The topological polar surface area (TPSA) is 68.5 Å². The van der Waals surface area contributed by atoms with Crippen LogP contribution in [0.1, 0.15) is 29.1 Å². The highest BCUT2D eigenvalue weighted by atomic mass is 19.1. The summed E-state index contributed by atoms with van der Waals surface area (Å²) >= 11 is 0. The van der Waals surface area contributed by atoms with Gasteiger partial charge in [-0.15, -0.1) is 0 Å². The monoisotopic (exact) mass is 395 g/mol. The van der Waals surface area contributed by atoms with Gasteiger partial charge in [0, 0.05) is 18.0 Å². The van der Waals surface area contributed by atoms with Crippen LogP contribution in [0.3, 0.4) is 0 Å². The molecule has 0 saturated carbocycles. The zero-order chi connectivity index (χ0) is 20.2. The van der Waals surface area contributed by atoms with Crippen LogP contribution in [0, 0.1) is 11.7 Å². The van der Waals surface area contributed by atoms with Gasteiger partial charge in [-0.3, -0.25) is 9.69 Å². The van der Waals surface area contributed by atoms with Crippen molar-refractivity contribution >= 4 is 5.78 Å². The molecule has 0 spiro atoms. The van der Waals surface area contributed by atoms with E-state index in [0.717, 1.165) is 24.9 Å². The summed E-state index contributed by atoms with van der Waals surface area (Å²) in [6.07, 6.45) is 1.63. The minimum absolute atomic E-state index is 0.0958. The largest absolute Gasteiger partial charge is 0.496 e. The van der Waals surface area contributed by atoms with Crippen LogP contribution in [-0.2, 0) is 6.54 Å². The zero-order valence-electron chi connectivity index (χ0n) is 16.2. The summed E-state index contributed by atoms with van der Waals surface area (Å²) in [7, 11) is 1.48. The second kappa shape index (κ2) is 8.53. The van der Waals surface area contributed by atoms with Crippen molar-refractivity contribution in [3.05, 3.63) is 65.8 Å². The molecule has 7 heteroatoms.